The van der Waals surface area contributed by atoms with Gasteiger partial charge in [0.2, 0.25) is 0 Å². The van der Waals surface area contributed by atoms with E-state index >= 15 is 0 Å². The Labute approximate surface area is 114 Å². The predicted molar refractivity (Wildman–Crippen MR) is 77.1 cm³/mol. The summed E-state index contributed by atoms with van der Waals surface area (Å²) in [7, 11) is 0. The highest BCUT2D eigenvalue weighted by Crippen LogP contribution is 2.26. The average molecular weight is 254 g/mol. The lowest BCUT2D eigenvalue weighted by Gasteiger charge is -2.09. The molecule has 0 aliphatic heterocycles. The van der Waals surface area contributed by atoms with Crippen LogP contribution in [0.3, 0.4) is 0 Å². The molecule has 0 saturated carbocycles. The fraction of sp³-hybridized carbons (Fsp3) is 0.235. The highest BCUT2D eigenvalue weighted by Gasteiger charge is 2.03. The monoisotopic (exact) mass is 254 g/mol. The summed E-state index contributed by atoms with van der Waals surface area (Å²) in [6.07, 6.45) is 3.05. The molecule has 0 atom stereocenters. The number of hydrogen-bond donors (Lipinski definition) is 0. The fourth-order valence-electron chi connectivity index (χ4n) is 1.94. The molecule has 2 aromatic carbocycles. The molecule has 19 heavy (non-hydrogen) atoms. The van der Waals surface area contributed by atoms with E-state index in [1.807, 2.05) is 25.1 Å². The van der Waals surface area contributed by atoms with Gasteiger partial charge in [0.15, 0.2) is 0 Å². The first kappa shape index (κ1) is 13.3. The molecule has 2 heteroatoms. The topological polar surface area (TPSA) is 26.3 Å². The van der Waals surface area contributed by atoms with E-state index in [2.05, 4.69) is 19.1 Å². The molecule has 0 fully saturated rings. The maximum Gasteiger partial charge on any atom is 0.150 e. The van der Waals surface area contributed by atoms with Crippen molar-refractivity contribution in [1.82, 2.24) is 0 Å². The molecule has 0 amide bonds. The third-order valence-corrected chi connectivity index (χ3v) is 3.04. The van der Waals surface area contributed by atoms with Crippen molar-refractivity contribution in [2.24, 2.45) is 0 Å². The molecule has 0 unspecified atom stereocenters. The summed E-state index contributed by atoms with van der Waals surface area (Å²) in [6.45, 7) is 4.13. The van der Waals surface area contributed by atoms with Gasteiger partial charge in [-0.15, -0.1) is 0 Å². The fourth-order valence-corrected chi connectivity index (χ4v) is 1.94. The summed E-state index contributed by atoms with van der Waals surface area (Å²) in [4.78, 5) is 10.8. The lowest BCUT2D eigenvalue weighted by atomic mass is 10.1. The molecule has 98 valence electrons. The van der Waals surface area contributed by atoms with Gasteiger partial charge in [-0.1, -0.05) is 37.6 Å². The minimum absolute atomic E-state index is 0.628. The Morgan fingerprint density at radius 2 is 1.84 bits per heavy atom. The SMILES string of the molecule is CCCc1ccc(Oc2cc(C=O)ccc2C)cc1. The molecule has 0 N–H and O–H groups in total. The second-order valence-corrected chi connectivity index (χ2v) is 4.64. The smallest absolute Gasteiger partial charge is 0.150 e. The van der Waals surface area contributed by atoms with E-state index < -0.39 is 0 Å². The second kappa shape index (κ2) is 6.19. The first-order valence-electron chi connectivity index (χ1n) is 6.55. The van der Waals surface area contributed by atoms with E-state index in [1.165, 1.54) is 5.56 Å². The highest BCUT2D eigenvalue weighted by molar-refractivity contribution is 5.75. The van der Waals surface area contributed by atoms with Crippen LogP contribution in [-0.2, 0) is 6.42 Å². The maximum absolute atomic E-state index is 10.8. The Balaban J connectivity index is 2.18. The van der Waals surface area contributed by atoms with Crippen LogP contribution in [0.15, 0.2) is 42.5 Å². The summed E-state index contributed by atoms with van der Waals surface area (Å²) >= 11 is 0. The Morgan fingerprint density at radius 1 is 1.11 bits per heavy atom. The number of aldehydes is 1. The molecule has 2 nitrogen and oxygen atoms in total. The number of ether oxygens (including phenoxy) is 1. The largest absolute Gasteiger partial charge is 0.457 e. The molecule has 2 rings (SSSR count). The van der Waals surface area contributed by atoms with E-state index in [1.54, 1.807) is 12.1 Å². The van der Waals surface area contributed by atoms with Crippen LogP contribution < -0.4 is 4.74 Å². The zero-order valence-electron chi connectivity index (χ0n) is 11.3. The van der Waals surface area contributed by atoms with Gasteiger partial charge < -0.3 is 4.74 Å². The molecule has 0 radical (unpaired) electrons. The predicted octanol–water partition coefficient (Wildman–Crippen LogP) is 4.55. The normalized spacial score (nSPS) is 10.2. The van der Waals surface area contributed by atoms with Gasteiger partial charge in [0.1, 0.15) is 17.8 Å². The number of benzene rings is 2. The number of aryl methyl sites for hydroxylation is 2. The number of hydrogen-bond acceptors (Lipinski definition) is 2. The van der Waals surface area contributed by atoms with Gasteiger partial charge >= 0.3 is 0 Å². The lowest BCUT2D eigenvalue weighted by Crippen LogP contribution is -1.90. The molecule has 0 bridgehead atoms. The van der Waals surface area contributed by atoms with Crippen molar-refractivity contribution in [2.75, 3.05) is 0 Å². The molecular weight excluding hydrogens is 236 g/mol. The van der Waals surface area contributed by atoms with Crippen LogP contribution in [0.25, 0.3) is 0 Å². The third kappa shape index (κ3) is 3.44. The van der Waals surface area contributed by atoms with Crippen molar-refractivity contribution in [3.63, 3.8) is 0 Å². The molecule has 2 aromatic rings. The van der Waals surface area contributed by atoms with Crippen molar-refractivity contribution >= 4 is 6.29 Å². The molecule has 0 aromatic heterocycles. The van der Waals surface area contributed by atoms with Gasteiger partial charge in [-0.2, -0.15) is 0 Å². The minimum Gasteiger partial charge on any atom is -0.457 e. The molecular formula is C17H18O2. The van der Waals surface area contributed by atoms with Crippen molar-refractivity contribution in [3.8, 4) is 11.5 Å². The minimum atomic E-state index is 0.628. The van der Waals surface area contributed by atoms with E-state index in [0.717, 1.165) is 36.2 Å². The standard InChI is InChI=1S/C17H18O2/c1-3-4-14-7-9-16(10-8-14)19-17-11-15(12-18)6-5-13(17)2/h5-12H,3-4H2,1-2H3. The quantitative estimate of drug-likeness (QED) is 0.731. The van der Waals surface area contributed by atoms with Crippen LogP contribution in [-0.4, -0.2) is 6.29 Å². The number of carbonyl (C=O) groups is 1. The number of rotatable bonds is 5. The Bertz CT molecular complexity index is 556. The summed E-state index contributed by atoms with van der Waals surface area (Å²) in [5, 5.41) is 0. The van der Waals surface area contributed by atoms with Gasteiger partial charge in [0, 0.05) is 5.56 Å². The van der Waals surface area contributed by atoms with Crippen molar-refractivity contribution in [2.45, 2.75) is 26.7 Å². The zero-order valence-corrected chi connectivity index (χ0v) is 11.3. The third-order valence-electron chi connectivity index (χ3n) is 3.04. The van der Waals surface area contributed by atoms with Crippen molar-refractivity contribution in [1.29, 1.82) is 0 Å². The van der Waals surface area contributed by atoms with E-state index in [9.17, 15) is 4.79 Å². The first-order valence-corrected chi connectivity index (χ1v) is 6.55. The maximum atomic E-state index is 10.8. The molecule has 0 saturated heterocycles. The van der Waals surface area contributed by atoms with Crippen molar-refractivity contribution < 1.29 is 9.53 Å². The second-order valence-electron chi connectivity index (χ2n) is 4.64. The van der Waals surface area contributed by atoms with Crippen LogP contribution >= 0.6 is 0 Å². The summed E-state index contributed by atoms with van der Waals surface area (Å²) in [5.41, 5.74) is 2.96. The van der Waals surface area contributed by atoms with E-state index in [0.29, 0.717) is 5.56 Å². The van der Waals surface area contributed by atoms with Gasteiger partial charge in [0.25, 0.3) is 0 Å². The molecule has 0 heterocycles. The summed E-state index contributed by atoms with van der Waals surface area (Å²) in [6, 6.07) is 13.6. The van der Waals surface area contributed by atoms with E-state index in [-0.39, 0.29) is 0 Å². The Kier molecular flexibility index (Phi) is 4.35. The molecule has 0 spiro atoms. The summed E-state index contributed by atoms with van der Waals surface area (Å²) < 4.78 is 5.83. The van der Waals surface area contributed by atoms with Crippen LogP contribution in [0.4, 0.5) is 0 Å². The van der Waals surface area contributed by atoms with Crippen LogP contribution in [0, 0.1) is 6.92 Å². The number of carbonyl (C=O) groups excluding carboxylic acids is 1. The molecule has 0 aliphatic rings. The Hall–Kier alpha value is -2.09. The van der Waals surface area contributed by atoms with Gasteiger partial charge in [-0.05, 0) is 42.7 Å². The van der Waals surface area contributed by atoms with Crippen molar-refractivity contribution in [3.05, 3.63) is 59.2 Å². The van der Waals surface area contributed by atoms with Gasteiger partial charge in [-0.25, -0.2) is 0 Å². The summed E-state index contributed by atoms with van der Waals surface area (Å²) in [5.74, 6) is 1.53. The molecule has 0 aliphatic carbocycles. The van der Waals surface area contributed by atoms with Gasteiger partial charge in [-0.3, -0.25) is 4.79 Å². The van der Waals surface area contributed by atoms with Crippen LogP contribution in [0.2, 0.25) is 0 Å². The average Bonchev–Trinajstić information content (AvgIpc) is 2.44. The zero-order chi connectivity index (χ0) is 13.7. The van der Waals surface area contributed by atoms with Crippen LogP contribution in [0.1, 0.15) is 34.8 Å². The van der Waals surface area contributed by atoms with Gasteiger partial charge in [0.05, 0.1) is 0 Å². The van der Waals surface area contributed by atoms with E-state index in [4.69, 9.17) is 4.74 Å². The van der Waals surface area contributed by atoms with Crippen LogP contribution in [0.5, 0.6) is 11.5 Å². The Morgan fingerprint density at radius 3 is 2.47 bits per heavy atom. The lowest BCUT2D eigenvalue weighted by molar-refractivity contribution is 0.112. The first-order chi connectivity index (χ1) is 9.22. The highest BCUT2D eigenvalue weighted by atomic mass is 16.5.